The molecule has 0 atom stereocenters. The van der Waals surface area contributed by atoms with Gasteiger partial charge < -0.3 is 0 Å². The van der Waals surface area contributed by atoms with Crippen LogP contribution in [0.2, 0.25) is 0 Å². The number of halogens is 1. The van der Waals surface area contributed by atoms with Crippen molar-refractivity contribution >= 4 is 15.9 Å². The summed E-state index contributed by atoms with van der Waals surface area (Å²) in [5.74, 6) is 0.672. The summed E-state index contributed by atoms with van der Waals surface area (Å²) in [5, 5.41) is 11.8. The quantitative estimate of drug-likeness (QED) is 0.730. The largest absolute Gasteiger partial charge is 0.264 e. The Morgan fingerprint density at radius 3 is 2.61 bits per heavy atom. The molecule has 88 valence electrons. The molecule has 0 amide bonds. The Morgan fingerprint density at radius 2 is 1.89 bits per heavy atom. The summed E-state index contributed by atoms with van der Waals surface area (Å²) in [6.45, 7) is 0. The van der Waals surface area contributed by atoms with E-state index in [9.17, 15) is 0 Å². The Morgan fingerprint density at radius 1 is 1.06 bits per heavy atom. The number of rotatable bonds is 2. The van der Waals surface area contributed by atoms with Crippen molar-refractivity contribution in [1.82, 2.24) is 25.2 Å². The molecule has 3 rings (SSSR count). The molecule has 0 saturated carbocycles. The smallest absolute Gasteiger partial charge is 0.188 e. The van der Waals surface area contributed by atoms with E-state index in [-0.39, 0.29) is 0 Å². The number of hydrogen-bond donors (Lipinski definition) is 0. The first-order chi connectivity index (χ1) is 8.84. The Labute approximate surface area is 112 Å². The molecule has 0 saturated heterocycles. The van der Waals surface area contributed by atoms with Crippen molar-refractivity contribution in [2.75, 3.05) is 0 Å². The van der Waals surface area contributed by atoms with E-state index in [0.29, 0.717) is 5.82 Å². The molecule has 0 spiro atoms. The fraction of sp³-hybridized carbons (Fsp3) is 0. The van der Waals surface area contributed by atoms with Crippen LogP contribution in [0.25, 0.3) is 17.1 Å². The van der Waals surface area contributed by atoms with E-state index in [1.54, 1.807) is 17.1 Å². The molecule has 18 heavy (non-hydrogen) atoms. The van der Waals surface area contributed by atoms with Gasteiger partial charge in [-0.2, -0.15) is 4.68 Å². The zero-order valence-electron chi connectivity index (χ0n) is 9.23. The molecule has 0 aliphatic rings. The summed E-state index contributed by atoms with van der Waals surface area (Å²) in [5.41, 5.74) is 1.78. The van der Waals surface area contributed by atoms with Crippen molar-refractivity contribution in [1.29, 1.82) is 0 Å². The van der Waals surface area contributed by atoms with Crippen molar-refractivity contribution in [2.45, 2.75) is 0 Å². The van der Waals surface area contributed by atoms with E-state index in [1.165, 1.54) is 0 Å². The fourth-order valence-corrected chi connectivity index (χ4v) is 1.88. The highest BCUT2D eigenvalue weighted by atomic mass is 79.9. The average Bonchev–Trinajstić information content (AvgIpc) is 2.90. The number of hydrogen-bond acceptors (Lipinski definition) is 4. The van der Waals surface area contributed by atoms with Gasteiger partial charge >= 0.3 is 0 Å². The van der Waals surface area contributed by atoms with E-state index in [1.807, 2.05) is 36.4 Å². The highest BCUT2D eigenvalue weighted by Gasteiger charge is 2.10. The zero-order chi connectivity index (χ0) is 12.4. The van der Waals surface area contributed by atoms with Crippen molar-refractivity contribution < 1.29 is 0 Å². The van der Waals surface area contributed by atoms with Gasteiger partial charge in [-0.1, -0.05) is 15.9 Å². The standard InChI is InChI=1S/C12H8BrN5/c13-10-3-5-11(6-4-10)18-12(15-16-17-18)9-2-1-7-14-8-9/h1-8H. The molecular weight excluding hydrogens is 294 g/mol. The van der Waals surface area contributed by atoms with Crippen LogP contribution in [0.15, 0.2) is 53.3 Å². The Kier molecular flexibility index (Phi) is 2.85. The first-order valence-electron chi connectivity index (χ1n) is 5.29. The number of nitrogens with zero attached hydrogens (tertiary/aromatic N) is 5. The first kappa shape index (κ1) is 11.0. The molecule has 0 aliphatic carbocycles. The van der Waals surface area contributed by atoms with Crippen molar-refractivity contribution in [2.24, 2.45) is 0 Å². The van der Waals surface area contributed by atoms with Gasteiger partial charge in [-0.3, -0.25) is 4.98 Å². The summed E-state index contributed by atoms with van der Waals surface area (Å²) < 4.78 is 2.70. The van der Waals surface area contributed by atoms with Gasteiger partial charge in [-0.05, 0) is 46.8 Å². The minimum atomic E-state index is 0.672. The van der Waals surface area contributed by atoms with Crippen molar-refractivity contribution in [3.05, 3.63) is 53.3 Å². The average molecular weight is 302 g/mol. The van der Waals surface area contributed by atoms with Gasteiger partial charge in [-0.25, -0.2) is 0 Å². The van der Waals surface area contributed by atoms with E-state index < -0.39 is 0 Å². The lowest BCUT2D eigenvalue weighted by Crippen LogP contribution is -1.99. The monoisotopic (exact) mass is 301 g/mol. The maximum Gasteiger partial charge on any atom is 0.188 e. The fourth-order valence-electron chi connectivity index (χ4n) is 1.62. The molecule has 2 heterocycles. The minimum absolute atomic E-state index is 0.672. The molecule has 1 aromatic carbocycles. The predicted molar refractivity (Wildman–Crippen MR) is 70.1 cm³/mol. The first-order valence-corrected chi connectivity index (χ1v) is 6.08. The third-order valence-electron chi connectivity index (χ3n) is 2.46. The topological polar surface area (TPSA) is 56.5 Å². The van der Waals surface area contributed by atoms with Gasteiger partial charge in [0.25, 0.3) is 0 Å². The second kappa shape index (κ2) is 4.66. The number of aromatic nitrogens is 5. The minimum Gasteiger partial charge on any atom is -0.264 e. The molecule has 0 radical (unpaired) electrons. The van der Waals surface area contributed by atoms with E-state index in [0.717, 1.165) is 15.7 Å². The molecule has 0 aliphatic heterocycles. The van der Waals surface area contributed by atoms with Crippen LogP contribution >= 0.6 is 15.9 Å². The Balaban J connectivity index is 2.10. The lowest BCUT2D eigenvalue weighted by Gasteiger charge is -2.04. The molecule has 0 N–H and O–H groups in total. The van der Waals surface area contributed by atoms with Gasteiger partial charge in [0.1, 0.15) is 0 Å². The van der Waals surface area contributed by atoms with Crippen LogP contribution < -0.4 is 0 Å². The number of benzene rings is 1. The van der Waals surface area contributed by atoms with Gasteiger partial charge in [0, 0.05) is 22.4 Å². The Bertz CT molecular complexity index is 648. The lowest BCUT2D eigenvalue weighted by molar-refractivity contribution is 0.791. The maximum atomic E-state index is 4.07. The molecule has 6 heteroatoms. The number of pyridine rings is 1. The SMILES string of the molecule is Brc1ccc(-n2nnnc2-c2cccnc2)cc1. The van der Waals surface area contributed by atoms with Crippen LogP contribution in [0.5, 0.6) is 0 Å². The highest BCUT2D eigenvalue weighted by molar-refractivity contribution is 9.10. The van der Waals surface area contributed by atoms with E-state index in [4.69, 9.17) is 0 Å². The molecular formula is C12H8BrN5. The third kappa shape index (κ3) is 2.02. The summed E-state index contributed by atoms with van der Waals surface area (Å²) in [6, 6.07) is 11.6. The van der Waals surface area contributed by atoms with Crippen molar-refractivity contribution in [3.63, 3.8) is 0 Å². The Hall–Kier alpha value is -2.08. The van der Waals surface area contributed by atoms with E-state index >= 15 is 0 Å². The van der Waals surface area contributed by atoms with Gasteiger partial charge in [-0.15, -0.1) is 5.10 Å². The normalized spacial score (nSPS) is 10.5. The van der Waals surface area contributed by atoms with Crippen LogP contribution in [0, 0.1) is 0 Å². The second-order valence-corrected chi connectivity index (χ2v) is 4.55. The summed E-state index contributed by atoms with van der Waals surface area (Å²) >= 11 is 3.40. The van der Waals surface area contributed by atoms with Crippen LogP contribution in [0.3, 0.4) is 0 Å². The summed E-state index contributed by atoms with van der Waals surface area (Å²) in [6.07, 6.45) is 3.46. The maximum absolute atomic E-state index is 4.07. The van der Waals surface area contributed by atoms with E-state index in [2.05, 4.69) is 36.4 Å². The molecule has 3 aromatic rings. The summed E-state index contributed by atoms with van der Waals surface area (Å²) in [7, 11) is 0. The third-order valence-corrected chi connectivity index (χ3v) is 2.99. The molecule has 5 nitrogen and oxygen atoms in total. The summed E-state index contributed by atoms with van der Waals surface area (Å²) in [4.78, 5) is 4.07. The van der Waals surface area contributed by atoms with Gasteiger partial charge in [0.15, 0.2) is 5.82 Å². The van der Waals surface area contributed by atoms with Crippen LogP contribution in [-0.4, -0.2) is 25.2 Å². The predicted octanol–water partition coefficient (Wildman–Crippen LogP) is 2.49. The molecule has 0 unspecified atom stereocenters. The highest BCUT2D eigenvalue weighted by Crippen LogP contribution is 2.19. The second-order valence-electron chi connectivity index (χ2n) is 3.63. The molecule has 0 fully saturated rings. The van der Waals surface area contributed by atoms with Gasteiger partial charge in [0.2, 0.25) is 0 Å². The lowest BCUT2D eigenvalue weighted by atomic mass is 10.2. The van der Waals surface area contributed by atoms with Crippen molar-refractivity contribution in [3.8, 4) is 17.1 Å². The van der Waals surface area contributed by atoms with Crippen LogP contribution in [0.4, 0.5) is 0 Å². The molecule has 0 bridgehead atoms. The number of tetrazole rings is 1. The van der Waals surface area contributed by atoms with Gasteiger partial charge in [0.05, 0.1) is 5.69 Å². The van der Waals surface area contributed by atoms with Crippen LogP contribution in [0.1, 0.15) is 0 Å². The zero-order valence-corrected chi connectivity index (χ0v) is 10.8. The van der Waals surface area contributed by atoms with Crippen LogP contribution in [-0.2, 0) is 0 Å². The molecule has 2 aromatic heterocycles.